The Kier molecular flexibility index (Phi) is 4.49. The molecule has 1 aliphatic carbocycles. The van der Waals surface area contributed by atoms with Gasteiger partial charge in [-0.25, -0.2) is 13.6 Å². The van der Waals surface area contributed by atoms with Crippen LogP contribution in [0.15, 0.2) is 53.4 Å². The van der Waals surface area contributed by atoms with Gasteiger partial charge in [-0.1, -0.05) is 37.3 Å². The SMILES string of the molecule is CC1CC1C(Nc1ccc(S(N)(=O)=O)cc1[N+](=O)[O-])c1ccccc1. The fraction of sp³-hybridized carbons (Fsp3) is 0.294. The average Bonchev–Trinajstić information content (AvgIpc) is 3.28. The van der Waals surface area contributed by atoms with Crippen LogP contribution in [0.3, 0.4) is 0 Å². The molecule has 1 fully saturated rings. The Hall–Kier alpha value is -2.45. The van der Waals surface area contributed by atoms with Gasteiger partial charge in [0, 0.05) is 6.07 Å². The van der Waals surface area contributed by atoms with Crippen LogP contribution < -0.4 is 10.5 Å². The van der Waals surface area contributed by atoms with Crippen LogP contribution >= 0.6 is 0 Å². The zero-order valence-electron chi connectivity index (χ0n) is 13.6. The lowest BCUT2D eigenvalue weighted by Gasteiger charge is -2.21. The van der Waals surface area contributed by atoms with Crippen LogP contribution in [0, 0.1) is 22.0 Å². The first kappa shape index (κ1) is 17.4. The van der Waals surface area contributed by atoms with Crippen LogP contribution in [-0.4, -0.2) is 13.3 Å². The number of nitrogens with zero attached hydrogens (tertiary/aromatic N) is 1. The van der Waals surface area contributed by atoms with Crippen LogP contribution in [0.1, 0.15) is 24.9 Å². The van der Waals surface area contributed by atoms with Crippen molar-refractivity contribution < 1.29 is 13.3 Å². The van der Waals surface area contributed by atoms with E-state index in [0.717, 1.165) is 18.1 Å². The van der Waals surface area contributed by atoms with E-state index in [1.54, 1.807) is 0 Å². The predicted octanol–water partition coefficient (Wildman–Crippen LogP) is 3.05. The summed E-state index contributed by atoms with van der Waals surface area (Å²) in [7, 11) is -4.00. The molecule has 3 N–H and O–H groups in total. The third-order valence-electron chi connectivity index (χ3n) is 4.56. The van der Waals surface area contributed by atoms with Crippen molar-refractivity contribution in [1.82, 2.24) is 0 Å². The molecule has 1 aliphatic rings. The number of sulfonamides is 1. The van der Waals surface area contributed by atoms with Crippen molar-refractivity contribution in [3.8, 4) is 0 Å². The summed E-state index contributed by atoms with van der Waals surface area (Å²) in [5.74, 6) is 0.903. The predicted molar refractivity (Wildman–Crippen MR) is 94.5 cm³/mol. The van der Waals surface area contributed by atoms with E-state index in [1.165, 1.54) is 12.1 Å². The van der Waals surface area contributed by atoms with Gasteiger partial charge in [-0.15, -0.1) is 0 Å². The van der Waals surface area contributed by atoms with Gasteiger partial charge in [0.15, 0.2) is 0 Å². The second-order valence-electron chi connectivity index (χ2n) is 6.39. The Morgan fingerprint density at radius 1 is 1.24 bits per heavy atom. The van der Waals surface area contributed by atoms with Gasteiger partial charge in [0.25, 0.3) is 5.69 Å². The van der Waals surface area contributed by atoms with Gasteiger partial charge in [-0.3, -0.25) is 10.1 Å². The molecule has 7 nitrogen and oxygen atoms in total. The fourth-order valence-corrected chi connectivity index (χ4v) is 3.58. The summed E-state index contributed by atoms with van der Waals surface area (Å²) in [5.41, 5.74) is 1.02. The molecule has 132 valence electrons. The number of benzene rings is 2. The minimum atomic E-state index is -4.00. The highest BCUT2D eigenvalue weighted by atomic mass is 32.2. The zero-order valence-corrected chi connectivity index (χ0v) is 14.4. The summed E-state index contributed by atoms with van der Waals surface area (Å²) in [6.07, 6.45) is 1.04. The summed E-state index contributed by atoms with van der Waals surface area (Å²) in [5, 5.41) is 19.7. The Morgan fingerprint density at radius 2 is 1.88 bits per heavy atom. The lowest BCUT2D eigenvalue weighted by atomic mass is 10.0. The van der Waals surface area contributed by atoms with Crippen LogP contribution in [0.5, 0.6) is 0 Å². The Balaban J connectivity index is 1.99. The van der Waals surface area contributed by atoms with Crippen molar-refractivity contribution in [2.75, 3.05) is 5.32 Å². The molecule has 3 atom stereocenters. The van der Waals surface area contributed by atoms with Gasteiger partial charge >= 0.3 is 0 Å². The molecule has 0 amide bonds. The number of nitro benzene ring substituents is 1. The molecular formula is C17H19N3O4S. The highest BCUT2D eigenvalue weighted by Crippen LogP contribution is 2.49. The van der Waals surface area contributed by atoms with Gasteiger partial charge in [0.1, 0.15) is 5.69 Å². The van der Waals surface area contributed by atoms with Crippen LogP contribution in [-0.2, 0) is 10.0 Å². The van der Waals surface area contributed by atoms with E-state index in [0.29, 0.717) is 11.8 Å². The third-order valence-corrected chi connectivity index (χ3v) is 5.47. The molecule has 0 bridgehead atoms. The fourth-order valence-electron chi connectivity index (χ4n) is 3.04. The van der Waals surface area contributed by atoms with E-state index in [9.17, 15) is 18.5 Å². The number of hydrogen-bond donors (Lipinski definition) is 2. The van der Waals surface area contributed by atoms with Gasteiger partial charge in [0.05, 0.1) is 15.9 Å². The van der Waals surface area contributed by atoms with E-state index in [2.05, 4.69) is 12.2 Å². The number of rotatable bonds is 6. The second kappa shape index (κ2) is 6.45. The van der Waals surface area contributed by atoms with Gasteiger partial charge in [-0.05, 0) is 36.0 Å². The second-order valence-corrected chi connectivity index (χ2v) is 7.95. The average molecular weight is 361 g/mol. The van der Waals surface area contributed by atoms with E-state index >= 15 is 0 Å². The molecule has 25 heavy (non-hydrogen) atoms. The Morgan fingerprint density at radius 3 is 2.40 bits per heavy atom. The molecule has 0 radical (unpaired) electrons. The van der Waals surface area contributed by atoms with E-state index in [1.807, 2.05) is 30.3 Å². The number of anilines is 1. The number of nitrogens with two attached hydrogens (primary N) is 1. The van der Waals surface area contributed by atoms with Crippen molar-refractivity contribution in [3.05, 3.63) is 64.2 Å². The monoisotopic (exact) mass is 361 g/mol. The smallest absolute Gasteiger partial charge is 0.293 e. The molecule has 0 aliphatic heterocycles. The minimum Gasteiger partial charge on any atom is -0.372 e. The maximum atomic E-state index is 11.5. The van der Waals surface area contributed by atoms with Gasteiger partial charge < -0.3 is 5.32 Å². The van der Waals surface area contributed by atoms with Crippen molar-refractivity contribution in [1.29, 1.82) is 0 Å². The summed E-state index contributed by atoms with van der Waals surface area (Å²) in [6.45, 7) is 2.14. The van der Waals surface area contributed by atoms with E-state index < -0.39 is 14.9 Å². The molecule has 2 aromatic carbocycles. The summed E-state index contributed by atoms with van der Waals surface area (Å²) in [6, 6.07) is 13.3. The first-order valence-corrected chi connectivity index (χ1v) is 9.44. The molecule has 0 saturated heterocycles. The first-order valence-electron chi connectivity index (χ1n) is 7.90. The Bertz CT molecular complexity index is 899. The maximum Gasteiger partial charge on any atom is 0.293 e. The first-order chi connectivity index (χ1) is 11.8. The number of nitro groups is 1. The largest absolute Gasteiger partial charge is 0.372 e. The molecule has 3 rings (SSSR count). The molecule has 1 saturated carbocycles. The summed E-state index contributed by atoms with van der Waals surface area (Å²) < 4.78 is 22.9. The number of hydrogen-bond acceptors (Lipinski definition) is 5. The molecule has 8 heteroatoms. The van der Waals surface area contributed by atoms with Crippen molar-refractivity contribution in [2.24, 2.45) is 17.0 Å². The lowest BCUT2D eigenvalue weighted by Crippen LogP contribution is -2.16. The topological polar surface area (TPSA) is 115 Å². The quantitative estimate of drug-likeness (QED) is 0.606. The van der Waals surface area contributed by atoms with Crippen LogP contribution in [0.25, 0.3) is 0 Å². The normalized spacial score (nSPS) is 20.7. The summed E-state index contributed by atoms with van der Waals surface area (Å²) in [4.78, 5) is 10.5. The molecular weight excluding hydrogens is 342 g/mol. The summed E-state index contributed by atoms with van der Waals surface area (Å²) >= 11 is 0. The van der Waals surface area contributed by atoms with E-state index in [4.69, 9.17) is 5.14 Å². The van der Waals surface area contributed by atoms with Crippen LogP contribution in [0.4, 0.5) is 11.4 Å². The van der Waals surface area contributed by atoms with Gasteiger partial charge in [-0.2, -0.15) is 0 Å². The Labute approximate surface area is 146 Å². The molecule has 0 spiro atoms. The molecule has 0 aromatic heterocycles. The van der Waals surface area contributed by atoms with Gasteiger partial charge in [0.2, 0.25) is 10.0 Å². The number of primary sulfonamides is 1. The van der Waals surface area contributed by atoms with Crippen molar-refractivity contribution in [3.63, 3.8) is 0 Å². The van der Waals surface area contributed by atoms with Crippen molar-refractivity contribution >= 4 is 21.4 Å². The highest BCUT2D eigenvalue weighted by molar-refractivity contribution is 7.89. The lowest BCUT2D eigenvalue weighted by molar-refractivity contribution is -0.384. The highest BCUT2D eigenvalue weighted by Gasteiger charge is 2.40. The molecule has 2 aromatic rings. The van der Waals surface area contributed by atoms with E-state index in [-0.39, 0.29) is 22.3 Å². The van der Waals surface area contributed by atoms with Crippen LogP contribution in [0.2, 0.25) is 0 Å². The zero-order chi connectivity index (χ0) is 18.2. The standard InChI is InChI=1S/C17H19N3O4S/c1-11-9-14(11)17(12-5-3-2-4-6-12)19-15-8-7-13(25(18,23)24)10-16(15)20(21)22/h2-8,10-11,14,17,19H,9H2,1H3,(H2,18,23,24). The maximum absolute atomic E-state index is 11.5. The minimum absolute atomic E-state index is 0.0739. The molecule has 3 unspecified atom stereocenters. The van der Waals surface area contributed by atoms with Crippen molar-refractivity contribution in [2.45, 2.75) is 24.3 Å². The third kappa shape index (κ3) is 3.80. The number of nitrogens with one attached hydrogen (secondary N) is 1. The molecule has 0 heterocycles.